The summed E-state index contributed by atoms with van der Waals surface area (Å²) in [5, 5.41) is 3.15. The minimum Gasteiger partial charge on any atom is -0.355 e. The molecule has 1 atom stereocenters. The summed E-state index contributed by atoms with van der Waals surface area (Å²) in [4.78, 5) is 23.2. The molecule has 5 nitrogen and oxygen atoms in total. The number of likely N-dealkylation sites (tertiary alicyclic amines) is 1. The van der Waals surface area contributed by atoms with Crippen molar-refractivity contribution in [3.05, 3.63) is 84.4 Å². The van der Waals surface area contributed by atoms with Crippen molar-refractivity contribution in [1.82, 2.24) is 20.2 Å². The fourth-order valence-electron chi connectivity index (χ4n) is 4.06. The summed E-state index contributed by atoms with van der Waals surface area (Å²) in [6.07, 6.45) is 9.15. The van der Waals surface area contributed by atoms with Gasteiger partial charge < -0.3 is 5.32 Å². The molecule has 30 heavy (non-hydrogen) atoms. The van der Waals surface area contributed by atoms with Gasteiger partial charge in [-0.1, -0.05) is 54.6 Å². The standard InChI is InChI=1S/C25H28N4O/c30-25(28-14-4-8-20-6-2-1-3-7-20)24-9-5-15-29(24)18-21-10-12-22(13-11-21)23-16-26-19-27-17-23/h1-3,6-7,10-13,16-17,19,24H,4-5,8-9,14-15,18H2,(H,28,30). The SMILES string of the molecule is O=C(NCCCc1ccccc1)C1CCCN1Cc1ccc(-c2cncnc2)cc1. The minimum atomic E-state index is -0.0241. The molecule has 154 valence electrons. The van der Waals surface area contributed by atoms with E-state index in [9.17, 15) is 4.79 Å². The number of hydrogen-bond acceptors (Lipinski definition) is 4. The van der Waals surface area contributed by atoms with Gasteiger partial charge in [0.15, 0.2) is 0 Å². The molecule has 0 radical (unpaired) electrons. The first-order valence-corrected chi connectivity index (χ1v) is 10.7. The maximum Gasteiger partial charge on any atom is 0.237 e. The maximum absolute atomic E-state index is 12.7. The van der Waals surface area contributed by atoms with E-state index in [-0.39, 0.29) is 11.9 Å². The second-order valence-corrected chi connectivity index (χ2v) is 7.83. The Hall–Kier alpha value is -3.05. The number of benzene rings is 2. The van der Waals surface area contributed by atoms with Crippen molar-refractivity contribution in [2.45, 2.75) is 38.3 Å². The fraction of sp³-hybridized carbons (Fsp3) is 0.320. The smallest absolute Gasteiger partial charge is 0.237 e. The molecule has 0 saturated carbocycles. The van der Waals surface area contributed by atoms with Crippen LogP contribution < -0.4 is 5.32 Å². The van der Waals surface area contributed by atoms with Crippen molar-refractivity contribution in [2.75, 3.05) is 13.1 Å². The fourth-order valence-corrected chi connectivity index (χ4v) is 4.06. The Morgan fingerprint density at radius 2 is 1.73 bits per heavy atom. The van der Waals surface area contributed by atoms with Gasteiger partial charge in [-0.25, -0.2) is 9.97 Å². The van der Waals surface area contributed by atoms with Gasteiger partial charge in [0.1, 0.15) is 6.33 Å². The molecule has 1 aliphatic rings. The zero-order valence-electron chi connectivity index (χ0n) is 17.2. The normalized spacial score (nSPS) is 16.5. The summed E-state index contributed by atoms with van der Waals surface area (Å²) < 4.78 is 0. The highest BCUT2D eigenvalue weighted by Gasteiger charge is 2.30. The zero-order valence-corrected chi connectivity index (χ0v) is 17.2. The summed E-state index contributed by atoms with van der Waals surface area (Å²) in [7, 11) is 0. The Balaban J connectivity index is 1.27. The van der Waals surface area contributed by atoms with Crippen LogP contribution in [0.5, 0.6) is 0 Å². The topological polar surface area (TPSA) is 58.1 Å². The Kier molecular flexibility index (Phi) is 6.83. The number of amides is 1. The van der Waals surface area contributed by atoms with Gasteiger partial charge in [0.2, 0.25) is 5.91 Å². The van der Waals surface area contributed by atoms with Crippen LogP contribution in [-0.2, 0) is 17.8 Å². The van der Waals surface area contributed by atoms with Crippen LogP contribution in [0.2, 0.25) is 0 Å². The van der Waals surface area contributed by atoms with Gasteiger partial charge in [-0.15, -0.1) is 0 Å². The van der Waals surface area contributed by atoms with Crippen molar-refractivity contribution >= 4 is 5.91 Å². The monoisotopic (exact) mass is 400 g/mol. The molecule has 5 heteroatoms. The third kappa shape index (κ3) is 5.30. The summed E-state index contributed by atoms with van der Waals surface area (Å²) in [6, 6.07) is 18.9. The molecule has 4 rings (SSSR count). The van der Waals surface area contributed by atoms with Crippen LogP contribution in [0, 0.1) is 0 Å². The molecule has 2 aromatic carbocycles. The third-order valence-electron chi connectivity index (χ3n) is 5.68. The molecular weight excluding hydrogens is 372 g/mol. The molecule has 1 amide bonds. The first-order chi connectivity index (χ1) is 14.8. The average molecular weight is 401 g/mol. The second-order valence-electron chi connectivity index (χ2n) is 7.83. The summed E-state index contributed by atoms with van der Waals surface area (Å²) in [5.41, 5.74) is 4.66. The minimum absolute atomic E-state index is 0.0241. The van der Waals surface area contributed by atoms with Gasteiger partial charge in [-0.3, -0.25) is 9.69 Å². The lowest BCUT2D eigenvalue weighted by Gasteiger charge is -2.24. The quantitative estimate of drug-likeness (QED) is 0.584. The van der Waals surface area contributed by atoms with E-state index in [1.54, 1.807) is 0 Å². The summed E-state index contributed by atoms with van der Waals surface area (Å²) in [6.45, 7) is 2.50. The molecule has 2 heterocycles. The first-order valence-electron chi connectivity index (χ1n) is 10.7. The van der Waals surface area contributed by atoms with Crippen LogP contribution >= 0.6 is 0 Å². The molecule has 0 bridgehead atoms. The molecule has 1 fully saturated rings. The van der Waals surface area contributed by atoms with E-state index in [1.165, 1.54) is 17.5 Å². The van der Waals surface area contributed by atoms with Gasteiger partial charge in [0, 0.05) is 31.0 Å². The van der Waals surface area contributed by atoms with Crippen LogP contribution in [0.25, 0.3) is 11.1 Å². The van der Waals surface area contributed by atoms with E-state index < -0.39 is 0 Å². The van der Waals surface area contributed by atoms with Crippen molar-refractivity contribution in [3.8, 4) is 11.1 Å². The third-order valence-corrected chi connectivity index (χ3v) is 5.68. The lowest BCUT2D eigenvalue weighted by molar-refractivity contribution is -0.125. The predicted octanol–water partition coefficient (Wildman–Crippen LogP) is 3.86. The van der Waals surface area contributed by atoms with Gasteiger partial charge >= 0.3 is 0 Å². The highest BCUT2D eigenvalue weighted by atomic mass is 16.2. The number of carbonyl (C=O) groups excluding carboxylic acids is 1. The molecule has 0 spiro atoms. The van der Waals surface area contributed by atoms with Crippen LogP contribution in [-0.4, -0.2) is 39.9 Å². The second kappa shape index (κ2) is 10.1. The number of nitrogens with zero attached hydrogens (tertiary/aromatic N) is 3. The molecule has 1 saturated heterocycles. The van der Waals surface area contributed by atoms with Gasteiger partial charge in [0.25, 0.3) is 0 Å². The van der Waals surface area contributed by atoms with E-state index in [4.69, 9.17) is 0 Å². The summed E-state index contributed by atoms with van der Waals surface area (Å²) in [5.74, 6) is 0.165. The van der Waals surface area contributed by atoms with Crippen molar-refractivity contribution < 1.29 is 4.79 Å². The van der Waals surface area contributed by atoms with Crippen molar-refractivity contribution in [2.24, 2.45) is 0 Å². The number of nitrogens with one attached hydrogen (secondary N) is 1. The number of hydrogen-bond donors (Lipinski definition) is 1. The van der Waals surface area contributed by atoms with Gasteiger partial charge in [-0.2, -0.15) is 0 Å². The lowest BCUT2D eigenvalue weighted by atomic mass is 10.1. The van der Waals surface area contributed by atoms with E-state index >= 15 is 0 Å². The van der Waals surface area contributed by atoms with Crippen LogP contribution in [0.15, 0.2) is 73.3 Å². The van der Waals surface area contributed by atoms with E-state index in [2.05, 4.69) is 68.7 Å². The first kappa shape index (κ1) is 20.2. The number of carbonyl (C=O) groups is 1. The lowest BCUT2D eigenvalue weighted by Crippen LogP contribution is -2.43. The number of aryl methyl sites for hydroxylation is 1. The molecule has 0 aliphatic carbocycles. The van der Waals surface area contributed by atoms with Crippen molar-refractivity contribution in [1.29, 1.82) is 0 Å². The predicted molar refractivity (Wildman–Crippen MR) is 119 cm³/mol. The molecular formula is C25H28N4O. The molecule has 1 N–H and O–H groups in total. The Bertz CT molecular complexity index is 928. The average Bonchev–Trinajstić information content (AvgIpc) is 3.27. The van der Waals surface area contributed by atoms with E-state index in [0.717, 1.165) is 56.4 Å². The van der Waals surface area contributed by atoms with Crippen LogP contribution in [0.3, 0.4) is 0 Å². The van der Waals surface area contributed by atoms with E-state index in [1.807, 2.05) is 18.5 Å². The molecule has 1 unspecified atom stereocenters. The Morgan fingerprint density at radius 1 is 0.967 bits per heavy atom. The molecule has 1 aliphatic heterocycles. The largest absolute Gasteiger partial charge is 0.355 e. The Morgan fingerprint density at radius 3 is 2.50 bits per heavy atom. The van der Waals surface area contributed by atoms with Crippen LogP contribution in [0.1, 0.15) is 30.4 Å². The van der Waals surface area contributed by atoms with Crippen LogP contribution in [0.4, 0.5) is 0 Å². The zero-order chi connectivity index (χ0) is 20.6. The van der Waals surface area contributed by atoms with E-state index in [0.29, 0.717) is 0 Å². The molecule has 1 aromatic heterocycles. The highest BCUT2D eigenvalue weighted by Crippen LogP contribution is 2.22. The number of aromatic nitrogens is 2. The maximum atomic E-state index is 12.7. The summed E-state index contributed by atoms with van der Waals surface area (Å²) >= 11 is 0. The number of rotatable bonds is 8. The molecule has 3 aromatic rings. The highest BCUT2D eigenvalue weighted by molar-refractivity contribution is 5.82. The van der Waals surface area contributed by atoms with Gasteiger partial charge in [0.05, 0.1) is 6.04 Å². The van der Waals surface area contributed by atoms with Gasteiger partial charge in [-0.05, 0) is 48.9 Å². The van der Waals surface area contributed by atoms with Crippen molar-refractivity contribution in [3.63, 3.8) is 0 Å². The Labute approximate surface area is 178 Å².